The van der Waals surface area contributed by atoms with Gasteiger partial charge >= 0.3 is 0 Å². The second-order valence-electron chi connectivity index (χ2n) is 4.03. The molecule has 5 nitrogen and oxygen atoms in total. The van der Waals surface area contributed by atoms with Crippen molar-refractivity contribution in [3.63, 3.8) is 0 Å². The van der Waals surface area contributed by atoms with E-state index in [0.29, 0.717) is 18.1 Å². The molecule has 1 amide bonds. The Morgan fingerprint density at radius 3 is 2.84 bits per heavy atom. The fourth-order valence-corrected chi connectivity index (χ4v) is 2.55. The number of hydrogen-bond donors (Lipinski definition) is 0. The molecule has 0 spiro atoms. The van der Waals surface area contributed by atoms with Gasteiger partial charge in [-0.3, -0.25) is 14.7 Å². The van der Waals surface area contributed by atoms with Crippen molar-refractivity contribution >= 4 is 22.4 Å². The maximum Gasteiger partial charge on any atom is 0.228 e. The molecule has 0 aliphatic rings. The van der Waals surface area contributed by atoms with Crippen molar-refractivity contribution in [2.45, 2.75) is 26.7 Å². The normalized spacial score (nSPS) is 10.4. The molecule has 19 heavy (non-hydrogen) atoms. The van der Waals surface area contributed by atoms with Crippen molar-refractivity contribution in [3.05, 3.63) is 24.5 Å². The van der Waals surface area contributed by atoms with Gasteiger partial charge in [-0.1, -0.05) is 25.2 Å². The monoisotopic (exact) mass is 276 g/mol. The van der Waals surface area contributed by atoms with Crippen LogP contribution in [0.5, 0.6) is 0 Å². The number of anilines is 1. The molecule has 0 aliphatic heterocycles. The zero-order valence-corrected chi connectivity index (χ0v) is 11.9. The van der Waals surface area contributed by atoms with E-state index in [1.807, 2.05) is 26.0 Å². The van der Waals surface area contributed by atoms with E-state index < -0.39 is 0 Å². The third kappa shape index (κ3) is 3.14. The van der Waals surface area contributed by atoms with Crippen LogP contribution in [0.4, 0.5) is 5.13 Å². The van der Waals surface area contributed by atoms with E-state index in [-0.39, 0.29) is 5.91 Å². The Balaban J connectivity index is 2.26. The lowest BCUT2D eigenvalue weighted by Gasteiger charge is -2.17. The molecule has 0 fully saturated rings. The smallest absolute Gasteiger partial charge is 0.228 e. The third-order valence-electron chi connectivity index (χ3n) is 2.60. The summed E-state index contributed by atoms with van der Waals surface area (Å²) in [5, 5.41) is 9.71. The molecule has 0 bridgehead atoms. The maximum atomic E-state index is 11.9. The van der Waals surface area contributed by atoms with Gasteiger partial charge in [0.25, 0.3) is 0 Å². The molecule has 0 unspecified atom stereocenters. The van der Waals surface area contributed by atoms with Gasteiger partial charge in [0, 0.05) is 30.9 Å². The van der Waals surface area contributed by atoms with E-state index in [9.17, 15) is 4.79 Å². The first kappa shape index (κ1) is 13.6. The Labute approximate surface area is 116 Å². The van der Waals surface area contributed by atoms with E-state index >= 15 is 0 Å². The molecule has 2 aromatic heterocycles. The molecule has 0 aliphatic carbocycles. The summed E-state index contributed by atoms with van der Waals surface area (Å²) in [7, 11) is 0. The molecule has 0 radical (unpaired) electrons. The van der Waals surface area contributed by atoms with Crippen LogP contribution in [0.1, 0.15) is 26.7 Å². The van der Waals surface area contributed by atoms with Gasteiger partial charge in [0.1, 0.15) is 0 Å². The minimum Gasteiger partial charge on any atom is -0.287 e. The van der Waals surface area contributed by atoms with Crippen molar-refractivity contribution in [1.29, 1.82) is 0 Å². The Morgan fingerprint density at radius 1 is 1.37 bits per heavy atom. The van der Waals surface area contributed by atoms with E-state index in [0.717, 1.165) is 17.0 Å². The second kappa shape index (κ2) is 6.38. The molecule has 0 saturated carbocycles. The molecule has 0 atom stereocenters. The summed E-state index contributed by atoms with van der Waals surface area (Å²) in [5.41, 5.74) is 0.923. The lowest BCUT2D eigenvalue weighted by Crippen LogP contribution is -2.30. The Hall–Kier alpha value is -1.82. The van der Waals surface area contributed by atoms with Crippen LogP contribution in [0.25, 0.3) is 10.6 Å². The number of pyridine rings is 1. The number of carbonyl (C=O) groups is 1. The molecule has 2 heterocycles. The summed E-state index contributed by atoms with van der Waals surface area (Å²) in [4.78, 5) is 17.7. The highest BCUT2D eigenvalue weighted by atomic mass is 32.1. The number of aromatic nitrogens is 3. The van der Waals surface area contributed by atoms with Crippen LogP contribution in [0, 0.1) is 0 Å². The first-order valence-electron chi connectivity index (χ1n) is 6.30. The average Bonchev–Trinajstić information content (AvgIpc) is 2.94. The molecule has 2 aromatic rings. The summed E-state index contributed by atoms with van der Waals surface area (Å²) >= 11 is 1.42. The molecule has 0 saturated heterocycles. The van der Waals surface area contributed by atoms with Crippen molar-refractivity contribution in [2.75, 3.05) is 11.4 Å². The van der Waals surface area contributed by atoms with Crippen LogP contribution < -0.4 is 4.90 Å². The quantitative estimate of drug-likeness (QED) is 0.842. The fraction of sp³-hybridized carbons (Fsp3) is 0.385. The predicted molar refractivity (Wildman–Crippen MR) is 76.1 cm³/mol. The average molecular weight is 276 g/mol. The third-order valence-corrected chi connectivity index (χ3v) is 3.60. The topological polar surface area (TPSA) is 59.0 Å². The van der Waals surface area contributed by atoms with E-state index in [4.69, 9.17) is 0 Å². The van der Waals surface area contributed by atoms with Crippen LogP contribution in [-0.2, 0) is 4.79 Å². The SMILES string of the molecule is CCCN(C(=O)CC)c1nnc(-c2cccnc2)s1. The van der Waals surface area contributed by atoms with Gasteiger partial charge in [-0.05, 0) is 18.6 Å². The van der Waals surface area contributed by atoms with Crippen LogP contribution in [0.15, 0.2) is 24.5 Å². The van der Waals surface area contributed by atoms with Gasteiger partial charge in [0.2, 0.25) is 11.0 Å². The van der Waals surface area contributed by atoms with E-state index in [1.165, 1.54) is 11.3 Å². The van der Waals surface area contributed by atoms with Gasteiger partial charge in [-0.2, -0.15) is 0 Å². The van der Waals surface area contributed by atoms with Gasteiger partial charge in [0.05, 0.1) is 0 Å². The minimum atomic E-state index is 0.0794. The highest BCUT2D eigenvalue weighted by molar-refractivity contribution is 7.18. The standard InChI is InChI=1S/C13H16N4OS/c1-3-8-17(11(18)4-2)13-16-15-12(19-13)10-6-5-7-14-9-10/h5-7,9H,3-4,8H2,1-2H3. The fourth-order valence-electron chi connectivity index (χ4n) is 1.67. The summed E-state index contributed by atoms with van der Waals surface area (Å²) in [6, 6.07) is 3.79. The number of amides is 1. The van der Waals surface area contributed by atoms with Gasteiger partial charge in [-0.25, -0.2) is 0 Å². The Bertz CT molecular complexity index is 541. The van der Waals surface area contributed by atoms with Crippen LogP contribution >= 0.6 is 11.3 Å². The van der Waals surface area contributed by atoms with Crippen molar-refractivity contribution in [2.24, 2.45) is 0 Å². The minimum absolute atomic E-state index is 0.0794. The lowest BCUT2D eigenvalue weighted by atomic mass is 10.3. The summed E-state index contributed by atoms with van der Waals surface area (Å²) < 4.78 is 0. The first-order chi connectivity index (χ1) is 9.26. The van der Waals surface area contributed by atoms with Crippen molar-refractivity contribution in [3.8, 4) is 10.6 Å². The maximum absolute atomic E-state index is 11.9. The first-order valence-corrected chi connectivity index (χ1v) is 7.12. The number of nitrogens with zero attached hydrogens (tertiary/aromatic N) is 4. The highest BCUT2D eigenvalue weighted by Gasteiger charge is 2.18. The van der Waals surface area contributed by atoms with Gasteiger partial charge in [0.15, 0.2) is 5.01 Å². The Kier molecular flexibility index (Phi) is 4.57. The highest BCUT2D eigenvalue weighted by Crippen LogP contribution is 2.28. The summed E-state index contributed by atoms with van der Waals surface area (Å²) in [6.45, 7) is 4.57. The van der Waals surface area contributed by atoms with Gasteiger partial charge in [-0.15, -0.1) is 10.2 Å². The van der Waals surface area contributed by atoms with Crippen LogP contribution in [0.3, 0.4) is 0 Å². The second-order valence-corrected chi connectivity index (χ2v) is 4.99. The number of hydrogen-bond acceptors (Lipinski definition) is 5. The zero-order valence-electron chi connectivity index (χ0n) is 11.0. The van der Waals surface area contributed by atoms with E-state index in [1.54, 1.807) is 17.3 Å². The van der Waals surface area contributed by atoms with Crippen LogP contribution in [-0.4, -0.2) is 27.6 Å². The molecular formula is C13H16N4OS. The zero-order chi connectivity index (χ0) is 13.7. The summed E-state index contributed by atoms with van der Waals surface area (Å²) in [5.74, 6) is 0.0794. The molecule has 6 heteroatoms. The number of carbonyl (C=O) groups excluding carboxylic acids is 1. The van der Waals surface area contributed by atoms with Crippen molar-refractivity contribution < 1.29 is 4.79 Å². The predicted octanol–water partition coefficient (Wildman–Crippen LogP) is 2.75. The Morgan fingerprint density at radius 2 is 2.21 bits per heavy atom. The number of rotatable bonds is 5. The molecule has 0 N–H and O–H groups in total. The largest absolute Gasteiger partial charge is 0.287 e. The van der Waals surface area contributed by atoms with E-state index in [2.05, 4.69) is 15.2 Å². The lowest BCUT2D eigenvalue weighted by molar-refractivity contribution is -0.118. The summed E-state index contributed by atoms with van der Waals surface area (Å²) in [6.07, 6.45) is 4.83. The molecular weight excluding hydrogens is 260 g/mol. The molecule has 0 aromatic carbocycles. The van der Waals surface area contributed by atoms with Crippen LogP contribution in [0.2, 0.25) is 0 Å². The van der Waals surface area contributed by atoms with Gasteiger partial charge < -0.3 is 0 Å². The molecule has 100 valence electrons. The van der Waals surface area contributed by atoms with Crippen molar-refractivity contribution in [1.82, 2.24) is 15.2 Å². The molecule has 2 rings (SSSR count).